The molecule has 0 N–H and O–H groups in total. The first kappa shape index (κ1) is 25.6. The predicted molar refractivity (Wildman–Crippen MR) is 103 cm³/mol. The Bertz CT molecular complexity index is 1040. The second kappa shape index (κ2) is 8.88. The zero-order chi connectivity index (χ0) is 20.7. The Balaban J connectivity index is 0.00000122. The summed E-state index contributed by atoms with van der Waals surface area (Å²) in [6, 6.07) is 10.6. The summed E-state index contributed by atoms with van der Waals surface area (Å²) in [5.74, 6) is 0.879. The summed E-state index contributed by atoms with van der Waals surface area (Å²) in [5, 5.41) is 1.60. The molecule has 1 saturated heterocycles. The maximum absolute atomic E-state index is 11.3. The van der Waals surface area contributed by atoms with Crippen molar-refractivity contribution in [3.8, 4) is 5.75 Å². The molecule has 5 aliphatic rings. The molecule has 1 atom stereocenters. The van der Waals surface area contributed by atoms with Gasteiger partial charge in [0.15, 0.2) is 5.60 Å². The quantitative estimate of drug-likeness (QED) is 0.264. The molecule has 4 bridgehead atoms. The molecule has 2 aromatic rings. The molecule has 7 nitrogen and oxygen atoms in total. The molecule has 5 fully saturated rings. The van der Waals surface area contributed by atoms with Crippen LogP contribution in [0.1, 0.15) is 37.7 Å². The summed E-state index contributed by atoms with van der Waals surface area (Å²) in [5.41, 5.74) is 0.0279. The topological polar surface area (TPSA) is 100 Å². The van der Waals surface area contributed by atoms with Crippen LogP contribution in [0.4, 0.5) is 0 Å². The van der Waals surface area contributed by atoms with Crippen molar-refractivity contribution < 1.29 is 92.5 Å². The van der Waals surface area contributed by atoms with Crippen molar-refractivity contribution in [3.63, 3.8) is 0 Å². The number of phosphoric acid groups is 1. The molecule has 10 heteroatoms. The van der Waals surface area contributed by atoms with Gasteiger partial charge in [-0.15, -0.1) is 0 Å². The van der Waals surface area contributed by atoms with Gasteiger partial charge in [-0.1, -0.05) is 24.3 Å². The van der Waals surface area contributed by atoms with Crippen molar-refractivity contribution in [3.05, 3.63) is 42.0 Å². The third-order valence-corrected chi connectivity index (χ3v) is 8.29. The van der Waals surface area contributed by atoms with E-state index in [9.17, 15) is 14.4 Å². The molecule has 7 rings (SSSR count). The Labute approximate surface area is 231 Å². The van der Waals surface area contributed by atoms with E-state index in [1.54, 1.807) is 19.2 Å². The van der Waals surface area contributed by atoms with Crippen LogP contribution < -0.4 is 73.4 Å². The predicted octanol–water partition coefficient (Wildman–Crippen LogP) is -2.99. The van der Waals surface area contributed by atoms with Crippen molar-refractivity contribution >= 4 is 18.6 Å². The minimum absolute atomic E-state index is 0. The van der Waals surface area contributed by atoms with E-state index >= 15 is 0 Å². The first-order valence-electron chi connectivity index (χ1n) is 10.5. The number of phosphoric ester groups is 1. The van der Waals surface area contributed by atoms with Crippen LogP contribution in [0.15, 0.2) is 36.4 Å². The SMILES string of the molecule is COC1(c2cc(OP(=O)([O-])[O-])cc3ccccc23)OOC12C1CC3CC(C1)CC2C3.[Na+].[Na+]. The van der Waals surface area contributed by atoms with Crippen LogP contribution in [0, 0.1) is 23.7 Å². The Morgan fingerprint density at radius 3 is 2.12 bits per heavy atom. The van der Waals surface area contributed by atoms with E-state index in [1.165, 1.54) is 6.42 Å². The average Bonchev–Trinajstić information content (AvgIpc) is 2.66. The summed E-state index contributed by atoms with van der Waals surface area (Å²) >= 11 is 0. The van der Waals surface area contributed by atoms with Crippen molar-refractivity contribution in [2.24, 2.45) is 23.7 Å². The van der Waals surface area contributed by atoms with Gasteiger partial charge >= 0.3 is 59.1 Å². The molecular weight excluding hydrogens is 453 g/mol. The first-order chi connectivity index (χ1) is 14.3. The van der Waals surface area contributed by atoms with Crippen molar-refractivity contribution in [1.82, 2.24) is 0 Å². The average molecular weight is 476 g/mol. The molecule has 1 aliphatic heterocycles. The van der Waals surface area contributed by atoms with Crippen LogP contribution in [0.5, 0.6) is 5.75 Å². The normalized spacial score (nSPS) is 37.0. The summed E-state index contributed by atoms with van der Waals surface area (Å²) in [6.07, 6.45) is 5.66. The fourth-order valence-corrected chi connectivity index (χ4v) is 7.43. The van der Waals surface area contributed by atoms with Gasteiger partial charge in [0.1, 0.15) is 13.6 Å². The van der Waals surface area contributed by atoms with Gasteiger partial charge in [-0.2, -0.15) is 4.89 Å². The maximum atomic E-state index is 11.3. The molecule has 1 spiro atoms. The van der Waals surface area contributed by atoms with E-state index < -0.39 is 19.2 Å². The molecule has 0 radical (unpaired) electrons. The second-order valence-electron chi connectivity index (χ2n) is 9.32. The molecule has 0 amide bonds. The number of benzene rings is 2. The standard InChI is InChI=1S/C22H25O7P.2Na/c1-26-22(21(28-29-22)16-7-13-6-14(9-16)10-17(21)8-13)20-12-18(27-30(23,24)25)11-15-4-2-3-5-19(15)20;;/h2-5,11-14,16-17H,6-10H2,1H3,(H2,23,24,25);;/q;2*+1/p-2. The van der Waals surface area contributed by atoms with Gasteiger partial charge in [-0.05, 0) is 78.7 Å². The Morgan fingerprint density at radius 1 is 0.969 bits per heavy atom. The van der Waals surface area contributed by atoms with Gasteiger partial charge < -0.3 is 23.6 Å². The van der Waals surface area contributed by atoms with Gasteiger partial charge in [0.25, 0.3) is 5.79 Å². The Hall–Kier alpha value is 0.530. The van der Waals surface area contributed by atoms with Gasteiger partial charge in [-0.25, -0.2) is 4.89 Å². The molecular formula is C22H23Na2O7P. The van der Waals surface area contributed by atoms with E-state index in [2.05, 4.69) is 0 Å². The van der Waals surface area contributed by atoms with Crippen LogP contribution in [0.2, 0.25) is 0 Å². The summed E-state index contributed by atoms with van der Waals surface area (Å²) in [7, 11) is -3.61. The number of hydrogen-bond donors (Lipinski definition) is 0. The second-order valence-corrected chi connectivity index (χ2v) is 10.4. The minimum atomic E-state index is -5.21. The first-order valence-corrected chi connectivity index (χ1v) is 12.0. The molecule has 1 unspecified atom stereocenters. The van der Waals surface area contributed by atoms with Crippen molar-refractivity contribution in [1.29, 1.82) is 0 Å². The summed E-state index contributed by atoms with van der Waals surface area (Å²) in [6.45, 7) is 0. The van der Waals surface area contributed by atoms with E-state index in [0.29, 0.717) is 17.4 Å². The number of methoxy groups -OCH3 is 1. The molecule has 2 aromatic carbocycles. The Morgan fingerprint density at radius 2 is 1.59 bits per heavy atom. The summed E-state index contributed by atoms with van der Waals surface area (Å²) in [4.78, 5) is 34.4. The van der Waals surface area contributed by atoms with Crippen LogP contribution >= 0.6 is 7.82 Å². The smallest absolute Gasteiger partial charge is 0.780 e. The molecule has 160 valence electrons. The monoisotopic (exact) mass is 476 g/mol. The van der Waals surface area contributed by atoms with Gasteiger partial charge in [0.05, 0.1) is 0 Å². The van der Waals surface area contributed by atoms with Crippen LogP contribution in [0.3, 0.4) is 0 Å². The van der Waals surface area contributed by atoms with E-state index in [4.69, 9.17) is 19.0 Å². The van der Waals surface area contributed by atoms with E-state index in [0.717, 1.165) is 48.3 Å². The fourth-order valence-electron chi connectivity index (χ4n) is 7.07. The zero-order valence-electron chi connectivity index (χ0n) is 18.6. The molecule has 4 saturated carbocycles. The van der Waals surface area contributed by atoms with Crippen LogP contribution in [0.25, 0.3) is 10.8 Å². The molecule has 4 aliphatic carbocycles. The number of rotatable bonds is 4. The van der Waals surface area contributed by atoms with Gasteiger partial charge in [0, 0.05) is 12.7 Å². The van der Waals surface area contributed by atoms with Crippen molar-refractivity contribution in [2.75, 3.05) is 7.11 Å². The third kappa shape index (κ3) is 3.64. The minimum Gasteiger partial charge on any atom is -0.780 e. The third-order valence-electron chi connectivity index (χ3n) is 7.86. The van der Waals surface area contributed by atoms with E-state index in [1.807, 2.05) is 24.3 Å². The van der Waals surface area contributed by atoms with Gasteiger partial charge in [-0.3, -0.25) is 0 Å². The molecule has 32 heavy (non-hydrogen) atoms. The van der Waals surface area contributed by atoms with Crippen LogP contribution in [-0.2, 0) is 24.9 Å². The maximum Gasteiger partial charge on any atom is 1.00 e. The van der Waals surface area contributed by atoms with Gasteiger partial charge in [0.2, 0.25) is 0 Å². The number of fused-ring (bicyclic) bond motifs is 1. The van der Waals surface area contributed by atoms with Crippen LogP contribution in [-0.4, -0.2) is 12.7 Å². The molecule has 1 heterocycles. The summed E-state index contributed by atoms with van der Waals surface area (Å²) < 4.78 is 22.2. The Kier molecular flexibility index (Phi) is 7.11. The van der Waals surface area contributed by atoms with Crippen molar-refractivity contribution in [2.45, 2.75) is 43.5 Å². The fraction of sp³-hybridized carbons (Fsp3) is 0.545. The molecule has 0 aromatic heterocycles. The zero-order valence-corrected chi connectivity index (χ0v) is 23.5. The van der Waals surface area contributed by atoms with E-state index in [-0.39, 0.29) is 64.9 Å². The number of hydrogen-bond acceptors (Lipinski definition) is 7. The largest absolute Gasteiger partial charge is 1.00 e. The number of ether oxygens (including phenoxy) is 1.